The zero-order chi connectivity index (χ0) is 22.9. The van der Waals surface area contributed by atoms with Gasteiger partial charge in [0.25, 0.3) is 0 Å². The summed E-state index contributed by atoms with van der Waals surface area (Å²) in [5.41, 5.74) is 0.317. The van der Waals surface area contributed by atoms with Crippen LogP contribution in [0.4, 0.5) is 4.39 Å². The predicted octanol–water partition coefficient (Wildman–Crippen LogP) is 3.37. The van der Waals surface area contributed by atoms with E-state index in [4.69, 9.17) is 21.6 Å². The van der Waals surface area contributed by atoms with Crippen LogP contribution in [-0.2, 0) is 19.7 Å². The number of nitriles is 1. The Balaban J connectivity index is 1.78. The summed E-state index contributed by atoms with van der Waals surface area (Å²) in [6, 6.07) is 1.92. The normalized spacial score (nSPS) is 21.9. The number of amides is 1. The molecule has 6 nitrogen and oxygen atoms in total. The smallest absolute Gasteiger partial charge is 0.223 e. The molecule has 1 aliphatic heterocycles. The lowest BCUT2D eigenvalue weighted by Gasteiger charge is -2.38. The molecule has 1 atom stereocenters. The average Bonchev–Trinajstić information content (AvgIpc) is 2.77. The van der Waals surface area contributed by atoms with E-state index in [2.05, 4.69) is 5.32 Å². The summed E-state index contributed by atoms with van der Waals surface area (Å²) >= 11 is 6.10. The number of halogens is 2. The van der Waals surface area contributed by atoms with Crippen molar-refractivity contribution in [3.63, 3.8) is 0 Å². The van der Waals surface area contributed by atoms with Crippen LogP contribution in [0.15, 0.2) is 47.0 Å². The van der Waals surface area contributed by atoms with Crippen LogP contribution >= 0.6 is 11.6 Å². The Kier molecular flexibility index (Phi) is 9.94. The minimum Gasteiger partial charge on any atom is -0.501 e. The number of carbonyl (C=O) groups is 1. The zero-order valence-corrected chi connectivity index (χ0v) is 19.7. The van der Waals surface area contributed by atoms with Crippen molar-refractivity contribution < 1.29 is 18.1 Å². The van der Waals surface area contributed by atoms with E-state index >= 15 is 0 Å². The van der Waals surface area contributed by atoms with E-state index < -0.39 is 16.0 Å². The molecule has 1 aliphatic carbocycles. The minimum atomic E-state index is -2.60. The van der Waals surface area contributed by atoms with E-state index in [1.807, 2.05) is 17.3 Å². The quantitative estimate of drug-likeness (QED) is 0.307. The lowest BCUT2D eigenvalue weighted by molar-refractivity contribution is -0.126. The maximum absolute atomic E-state index is 14.0. The second kappa shape index (κ2) is 12.2. The van der Waals surface area contributed by atoms with Gasteiger partial charge in [-0.1, -0.05) is 33.9 Å². The third-order valence-corrected chi connectivity index (χ3v) is 8.25. The first-order valence-corrected chi connectivity index (χ1v) is 13.1. The van der Waals surface area contributed by atoms with Crippen molar-refractivity contribution in [2.45, 2.75) is 26.2 Å². The summed E-state index contributed by atoms with van der Waals surface area (Å²) < 4.78 is 34.2. The molecule has 0 aromatic carbocycles. The maximum atomic E-state index is 14.0. The van der Waals surface area contributed by atoms with Crippen molar-refractivity contribution in [3.8, 4) is 6.07 Å². The van der Waals surface area contributed by atoms with Gasteiger partial charge in [-0.2, -0.15) is 5.26 Å². The predicted molar refractivity (Wildman–Crippen MR) is 123 cm³/mol. The Morgan fingerprint density at radius 1 is 1.48 bits per heavy atom. The standard InChI is InChI=1S/C22H31ClFN3O3S/c1-3-30-12-8-20(23)9-13-31(2,29)27-10-6-18(7-11-27)22(28)26-16-19-5-4-17(15-25)14-21(19)24/h4,8-9,12,14,18-19,31H,3,5-7,10-11,13,16H2,1-2H3,(H,26,28)/b12-8+,20-9+. The molecule has 0 radical (unpaired) electrons. The van der Waals surface area contributed by atoms with E-state index in [1.54, 1.807) is 24.5 Å². The Labute approximate surface area is 190 Å². The van der Waals surface area contributed by atoms with E-state index in [1.165, 1.54) is 12.3 Å². The SMILES string of the molecule is CCO/C=C/C(Cl)=C\C[SH](C)(=O)N1CCC(C(=O)NCC2CC=C(C#N)C=C2F)CC1. The molecule has 0 saturated carbocycles. The van der Waals surface area contributed by atoms with Gasteiger partial charge < -0.3 is 10.1 Å². The van der Waals surface area contributed by atoms with Gasteiger partial charge in [-0.25, -0.2) is 8.70 Å². The fourth-order valence-electron chi connectivity index (χ4n) is 3.53. The first-order valence-electron chi connectivity index (χ1n) is 10.5. The van der Waals surface area contributed by atoms with Gasteiger partial charge in [0.05, 0.1) is 24.5 Å². The molecule has 1 fully saturated rings. The average molecular weight is 472 g/mol. The first-order chi connectivity index (χ1) is 14.8. The van der Waals surface area contributed by atoms with Crippen LogP contribution in [0.25, 0.3) is 0 Å². The van der Waals surface area contributed by atoms with Gasteiger partial charge in [-0.3, -0.25) is 9.00 Å². The molecule has 172 valence electrons. The van der Waals surface area contributed by atoms with Crippen molar-refractivity contribution in [1.82, 2.24) is 9.62 Å². The molecule has 31 heavy (non-hydrogen) atoms. The van der Waals surface area contributed by atoms with Crippen LogP contribution in [0.1, 0.15) is 26.2 Å². The van der Waals surface area contributed by atoms with Crippen LogP contribution in [0.2, 0.25) is 0 Å². The van der Waals surface area contributed by atoms with Crippen molar-refractivity contribution in [1.29, 1.82) is 5.26 Å². The summed E-state index contributed by atoms with van der Waals surface area (Å²) in [4.78, 5) is 12.5. The number of thiol groups is 1. The number of ether oxygens (including phenoxy) is 1. The zero-order valence-electron chi connectivity index (χ0n) is 18.0. The monoisotopic (exact) mass is 471 g/mol. The molecule has 0 aromatic rings. The lowest BCUT2D eigenvalue weighted by atomic mass is 9.94. The largest absolute Gasteiger partial charge is 0.501 e. The van der Waals surface area contributed by atoms with Gasteiger partial charge in [0.1, 0.15) is 5.83 Å². The molecular weight excluding hydrogens is 441 g/mol. The summed E-state index contributed by atoms with van der Waals surface area (Å²) in [7, 11) is -2.60. The number of nitrogens with zero attached hydrogens (tertiary/aromatic N) is 2. The van der Waals surface area contributed by atoms with Gasteiger partial charge in [-0.05, 0) is 38.3 Å². The van der Waals surface area contributed by atoms with E-state index in [0.29, 0.717) is 55.3 Å². The number of rotatable bonds is 9. The first kappa shape index (κ1) is 25.3. The van der Waals surface area contributed by atoms with Crippen LogP contribution in [0, 0.1) is 23.2 Å². The second-order valence-corrected chi connectivity index (χ2v) is 11.3. The molecule has 1 heterocycles. The maximum Gasteiger partial charge on any atom is 0.223 e. The van der Waals surface area contributed by atoms with Crippen molar-refractivity contribution >= 4 is 27.6 Å². The van der Waals surface area contributed by atoms with E-state index in [-0.39, 0.29) is 24.2 Å². The Morgan fingerprint density at radius 2 is 2.19 bits per heavy atom. The summed E-state index contributed by atoms with van der Waals surface area (Å²) in [5, 5.41) is 12.1. The molecule has 0 spiro atoms. The molecule has 1 amide bonds. The minimum absolute atomic E-state index is 0.0996. The molecule has 1 N–H and O–H groups in total. The number of nitrogens with one attached hydrogen (secondary N) is 1. The molecule has 2 rings (SSSR count). The number of hydrogen-bond donors (Lipinski definition) is 2. The molecular formula is C22H31ClFN3O3S. The highest BCUT2D eigenvalue weighted by Crippen LogP contribution is 2.26. The van der Waals surface area contributed by atoms with Gasteiger partial charge in [-0.15, -0.1) is 0 Å². The molecule has 1 unspecified atom stereocenters. The number of piperidine rings is 1. The number of allylic oxidation sites excluding steroid dienone is 5. The highest BCUT2D eigenvalue weighted by Gasteiger charge is 2.30. The molecule has 9 heteroatoms. The van der Waals surface area contributed by atoms with Crippen LogP contribution < -0.4 is 5.32 Å². The van der Waals surface area contributed by atoms with Crippen LogP contribution in [-0.4, -0.2) is 52.7 Å². The summed E-state index contributed by atoms with van der Waals surface area (Å²) in [6.45, 7) is 3.78. The molecule has 0 aromatic heterocycles. The van der Waals surface area contributed by atoms with Gasteiger partial charge in [0, 0.05) is 48.5 Å². The Bertz CT molecular complexity index is 855. The topological polar surface area (TPSA) is 82.4 Å². The third kappa shape index (κ3) is 7.91. The Morgan fingerprint density at radius 3 is 2.81 bits per heavy atom. The fourth-order valence-corrected chi connectivity index (χ4v) is 5.61. The highest BCUT2D eigenvalue weighted by molar-refractivity contribution is 8.00. The van der Waals surface area contributed by atoms with Gasteiger partial charge >= 0.3 is 0 Å². The fraction of sp³-hybridized carbons (Fsp3) is 0.545. The van der Waals surface area contributed by atoms with Crippen molar-refractivity contribution in [2.75, 3.05) is 38.2 Å². The summed E-state index contributed by atoms with van der Waals surface area (Å²) in [5.74, 6) is -0.720. The van der Waals surface area contributed by atoms with Crippen molar-refractivity contribution in [3.05, 3.63) is 47.0 Å². The second-order valence-electron chi connectivity index (χ2n) is 7.79. The number of hydrogen-bond acceptors (Lipinski definition) is 4. The highest BCUT2D eigenvalue weighted by atomic mass is 35.5. The molecule has 0 bridgehead atoms. The van der Waals surface area contributed by atoms with E-state index in [9.17, 15) is 13.4 Å². The lowest BCUT2D eigenvalue weighted by Crippen LogP contribution is -2.46. The number of carbonyl (C=O) groups excluding carboxylic acids is 1. The van der Waals surface area contributed by atoms with Gasteiger partial charge in [0.15, 0.2) is 0 Å². The van der Waals surface area contributed by atoms with E-state index in [0.717, 1.165) is 0 Å². The Hall–Kier alpha value is -1.95. The third-order valence-electron chi connectivity index (χ3n) is 5.51. The molecule has 2 aliphatic rings. The van der Waals surface area contributed by atoms with Crippen molar-refractivity contribution in [2.24, 2.45) is 11.8 Å². The van der Waals surface area contributed by atoms with Crippen LogP contribution in [0.3, 0.4) is 0 Å². The molecule has 1 saturated heterocycles. The van der Waals surface area contributed by atoms with Gasteiger partial charge in [0.2, 0.25) is 5.91 Å². The van der Waals surface area contributed by atoms with Crippen LogP contribution in [0.5, 0.6) is 0 Å². The summed E-state index contributed by atoms with van der Waals surface area (Å²) in [6.07, 6.45) is 11.1.